The van der Waals surface area contributed by atoms with E-state index in [1.807, 2.05) is 30.0 Å². The lowest BCUT2D eigenvalue weighted by molar-refractivity contribution is 1.03. The highest BCUT2D eigenvalue weighted by atomic mass is 32.2. The smallest absolute Gasteiger partial charge is 0.164 e. The zero-order chi connectivity index (χ0) is 43.3. The Hall–Kier alpha value is -8.52. The Labute approximate surface area is 383 Å². The third kappa shape index (κ3) is 5.60. The van der Waals surface area contributed by atoms with E-state index in [0.717, 1.165) is 50.2 Å². The van der Waals surface area contributed by atoms with Gasteiger partial charge < -0.3 is 4.57 Å². The molecule has 0 radical (unpaired) electrons. The van der Waals surface area contributed by atoms with Crippen molar-refractivity contribution in [3.63, 3.8) is 0 Å². The fraction of sp³-hybridized carbons (Fsp3) is 0. The van der Waals surface area contributed by atoms with E-state index in [9.17, 15) is 0 Å². The first kappa shape index (κ1) is 36.9. The molecule has 0 unspecified atom stereocenters. The largest absolute Gasteiger partial charge is 0.309 e. The van der Waals surface area contributed by atoms with Crippen molar-refractivity contribution in [1.82, 2.24) is 28.7 Å². The van der Waals surface area contributed by atoms with E-state index in [0.29, 0.717) is 17.5 Å². The van der Waals surface area contributed by atoms with Gasteiger partial charge in [0.15, 0.2) is 17.5 Å². The van der Waals surface area contributed by atoms with Crippen molar-refractivity contribution in [3.8, 4) is 62.4 Å². The molecule has 0 fully saturated rings. The van der Waals surface area contributed by atoms with E-state index < -0.39 is 0 Å². The number of rotatable bonds is 6. The molecular formula is C59H36N6S. The fourth-order valence-electron chi connectivity index (χ4n) is 10.1. The first-order valence-corrected chi connectivity index (χ1v) is 23.0. The van der Waals surface area contributed by atoms with Crippen LogP contribution in [-0.4, -0.2) is 28.7 Å². The zero-order valence-corrected chi connectivity index (χ0v) is 36.2. The highest BCUT2D eigenvalue weighted by molar-refractivity contribution is 7.99. The van der Waals surface area contributed by atoms with Crippen molar-refractivity contribution in [1.29, 1.82) is 0 Å². The molecule has 0 aliphatic carbocycles. The Morgan fingerprint density at radius 1 is 0.318 bits per heavy atom. The van der Waals surface area contributed by atoms with Crippen LogP contribution in [0.4, 0.5) is 0 Å². The molecule has 1 aliphatic rings. The maximum Gasteiger partial charge on any atom is 0.164 e. The Kier molecular flexibility index (Phi) is 8.11. The van der Waals surface area contributed by atoms with E-state index in [1.165, 1.54) is 59.1 Å². The summed E-state index contributed by atoms with van der Waals surface area (Å²) in [6.07, 6.45) is 0. The lowest BCUT2D eigenvalue weighted by atomic mass is 10.0. The van der Waals surface area contributed by atoms with Gasteiger partial charge in [-0.3, -0.25) is 9.13 Å². The van der Waals surface area contributed by atoms with Crippen molar-refractivity contribution in [3.05, 3.63) is 218 Å². The van der Waals surface area contributed by atoms with Gasteiger partial charge in [-0.05, 0) is 77.9 Å². The number of benzene rings is 9. The maximum atomic E-state index is 5.18. The first-order valence-electron chi connectivity index (χ1n) is 22.2. The molecule has 0 saturated heterocycles. The molecule has 4 aromatic heterocycles. The molecule has 0 atom stereocenters. The van der Waals surface area contributed by atoms with E-state index >= 15 is 0 Å². The summed E-state index contributed by atoms with van der Waals surface area (Å²) in [5.41, 5.74) is 14.4. The third-order valence-corrected chi connectivity index (χ3v) is 14.2. The van der Waals surface area contributed by atoms with Crippen LogP contribution in [0.15, 0.2) is 228 Å². The molecular weight excluding hydrogens is 825 g/mol. The van der Waals surface area contributed by atoms with Crippen LogP contribution in [-0.2, 0) is 0 Å². The van der Waals surface area contributed by atoms with Crippen LogP contribution < -0.4 is 0 Å². The summed E-state index contributed by atoms with van der Waals surface area (Å²) in [5, 5.41) is 6.19. The minimum atomic E-state index is 0.621. The Morgan fingerprint density at radius 3 is 1.61 bits per heavy atom. The number of para-hydroxylation sites is 5. The lowest BCUT2D eigenvalue weighted by Crippen LogP contribution is -2.05. The molecule has 1 aliphatic heterocycles. The molecule has 9 aromatic carbocycles. The normalized spacial score (nSPS) is 12.2. The number of nitrogens with zero attached hydrogens (tertiary/aromatic N) is 6. The molecule has 6 nitrogen and oxygen atoms in total. The van der Waals surface area contributed by atoms with Crippen LogP contribution in [0.5, 0.6) is 0 Å². The van der Waals surface area contributed by atoms with Crippen molar-refractivity contribution >= 4 is 66.4 Å². The summed E-state index contributed by atoms with van der Waals surface area (Å²) in [5.74, 6) is 1.87. The van der Waals surface area contributed by atoms with Gasteiger partial charge in [-0.1, -0.05) is 163 Å². The third-order valence-electron chi connectivity index (χ3n) is 13.1. The standard InChI is InChI=1S/C59H36N6S/c1-3-15-38(16-4-1)56-60-57(62-58(61-56)41-17-13-20-43(35-41)63-48-24-9-7-21-44(48)45-22-8-10-25-49(45)63)39-31-29-37(30-32-39)40-33-34-50-47(36-40)54-46-23-14-28-53-55(46)65(51-26-11-12-27-52(51)66-53)59(54)64(50)42-18-5-2-6-19-42/h1-36H. The van der Waals surface area contributed by atoms with Crippen LogP contribution in [0.2, 0.25) is 0 Å². The lowest BCUT2D eigenvalue weighted by Gasteiger charge is -2.21. The molecule has 14 rings (SSSR count). The second-order valence-electron chi connectivity index (χ2n) is 16.8. The number of aromatic nitrogens is 6. The summed E-state index contributed by atoms with van der Waals surface area (Å²) in [6.45, 7) is 0. The molecule has 66 heavy (non-hydrogen) atoms. The van der Waals surface area contributed by atoms with Gasteiger partial charge in [0.2, 0.25) is 0 Å². The monoisotopic (exact) mass is 860 g/mol. The summed E-state index contributed by atoms with van der Waals surface area (Å²) in [6, 6.07) is 77.7. The molecule has 308 valence electrons. The summed E-state index contributed by atoms with van der Waals surface area (Å²) in [7, 11) is 0. The van der Waals surface area contributed by atoms with Crippen molar-refractivity contribution in [2.24, 2.45) is 0 Å². The van der Waals surface area contributed by atoms with Gasteiger partial charge in [0.05, 0.1) is 27.8 Å². The SMILES string of the molecule is c1ccc(-c2nc(-c3ccc(-c4ccc5c(c4)c4c6cccc7c6n(c4n5-c4ccccc4)-c4ccccc4S7)cc3)nc(-c3cccc(-n4c5ccccc5c5ccccc54)c3)n2)cc1. The van der Waals surface area contributed by atoms with Gasteiger partial charge in [0.1, 0.15) is 5.65 Å². The average molecular weight is 861 g/mol. The van der Waals surface area contributed by atoms with Gasteiger partial charge in [-0.15, -0.1) is 0 Å². The van der Waals surface area contributed by atoms with Crippen LogP contribution in [0.25, 0.3) is 117 Å². The fourth-order valence-corrected chi connectivity index (χ4v) is 11.2. The minimum Gasteiger partial charge on any atom is -0.309 e. The Morgan fingerprint density at radius 2 is 0.848 bits per heavy atom. The summed E-state index contributed by atoms with van der Waals surface area (Å²) < 4.78 is 7.26. The van der Waals surface area contributed by atoms with Gasteiger partial charge in [-0.2, -0.15) is 0 Å². The predicted molar refractivity (Wildman–Crippen MR) is 271 cm³/mol. The minimum absolute atomic E-state index is 0.621. The topological polar surface area (TPSA) is 53.5 Å². The summed E-state index contributed by atoms with van der Waals surface area (Å²) in [4.78, 5) is 17.9. The van der Waals surface area contributed by atoms with E-state index in [2.05, 4.69) is 214 Å². The average Bonchev–Trinajstić information content (AvgIpc) is 4.03. The Bertz CT molecular complexity index is 4020. The predicted octanol–water partition coefficient (Wildman–Crippen LogP) is 15.1. The molecule has 0 bridgehead atoms. The zero-order valence-electron chi connectivity index (χ0n) is 35.4. The number of fused-ring (bicyclic) bond motifs is 10. The highest BCUT2D eigenvalue weighted by Gasteiger charge is 2.28. The second-order valence-corrected chi connectivity index (χ2v) is 17.9. The van der Waals surface area contributed by atoms with Gasteiger partial charge in [-0.25, -0.2) is 15.0 Å². The molecule has 0 amide bonds. The van der Waals surface area contributed by atoms with Crippen molar-refractivity contribution in [2.75, 3.05) is 0 Å². The summed E-state index contributed by atoms with van der Waals surface area (Å²) >= 11 is 1.85. The van der Waals surface area contributed by atoms with Crippen LogP contribution in [0, 0.1) is 0 Å². The van der Waals surface area contributed by atoms with Gasteiger partial charge in [0, 0.05) is 64.8 Å². The Balaban J connectivity index is 0.901. The van der Waals surface area contributed by atoms with Crippen molar-refractivity contribution < 1.29 is 0 Å². The van der Waals surface area contributed by atoms with E-state index in [4.69, 9.17) is 15.0 Å². The van der Waals surface area contributed by atoms with Crippen LogP contribution in [0.1, 0.15) is 0 Å². The molecule has 0 saturated carbocycles. The van der Waals surface area contributed by atoms with Crippen molar-refractivity contribution in [2.45, 2.75) is 9.79 Å². The van der Waals surface area contributed by atoms with Gasteiger partial charge in [0.25, 0.3) is 0 Å². The quantitative estimate of drug-likeness (QED) is 0.167. The van der Waals surface area contributed by atoms with Crippen LogP contribution >= 0.6 is 11.8 Å². The molecule has 5 heterocycles. The van der Waals surface area contributed by atoms with Crippen LogP contribution in [0.3, 0.4) is 0 Å². The molecule has 13 aromatic rings. The molecule has 0 N–H and O–H groups in total. The van der Waals surface area contributed by atoms with E-state index in [-0.39, 0.29) is 0 Å². The molecule has 7 heteroatoms. The number of hydrogen-bond acceptors (Lipinski definition) is 4. The van der Waals surface area contributed by atoms with E-state index in [1.54, 1.807) is 0 Å². The maximum absolute atomic E-state index is 5.18. The number of hydrogen-bond donors (Lipinski definition) is 0. The second kappa shape index (κ2) is 14.5. The highest BCUT2D eigenvalue weighted by Crippen LogP contribution is 2.50. The molecule has 0 spiro atoms. The van der Waals surface area contributed by atoms with Gasteiger partial charge >= 0.3 is 0 Å². The first-order chi connectivity index (χ1) is 32.7.